The highest BCUT2D eigenvalue weighted by Crippen LogP contribution is 2.28. The second kappa shape index (κ2) is 7.16. The van der Waals surface area contributed by atoms with Crippen molar-refractivity contribution in [3.8, 4) is 0 Å². The summed E-state index contributed by atoms with van der Waals surface area (Å²) in [6.07, 6.45) is -4.13. The van der Waals surface area contributed by atoms with Gasteiger partial charge in [0.05, 0.1) is 10.5 Å². The van der Waals surface area contributed by atoms with Gasteiger partial charge in [-0.05, 0) is 11.6 Å². The Balaban J connectivity index is 2.05. The highest BCUT2D eigenvalue weighted by atomic mass is 19.4. The molecule has 2 aromatic rings. The molecule has 0 aliphatic carbocycles. The summed E-state index contributed by atoms with van der Waals surface area (Å²) in [7, 11) is 0. The van der Waals surface area contributed by atoms with Crippen LogP contribution in [0.2, 0.25) is 0 Å². The first-order valence-corrected chi connectivity index (χ1v) is 6.83. The van der Waals surface area contributed by atoms with Crippen molar-refractivity contribution >= 4 is 11.7 Å². The lowest BCUT2D eigenvalue weighted by atomic mass is 10.2. The van der Waals surface area contributed by atoms with E-state index in [-0.39, 0.29) is 12.3 Å². The fourth-order valence-electron chi connectivity index (χ4n) is 1.93. The zero-order chi connectivity index (χ0) is 18.6. The average molecular weight is 356 g/mol. The Morgan fingerprint density at radius 3 is 2.60 bits per heavy atom. The molecule has 2 rings (SSSR count). The van der Waals surface area contributed by atoms with Crippen LogP contribution in [0, 0.1) is 10.1 Å². The molecule has 0 aliphatic heterocycles. The quantitative estimate of drug-likeness (QED) is 0.466. The third-order valence-corrected chi connectivity index (χ3v) is 3.13. The number of esters is 1. The number of halogens is 3. The molecule has 0 saturated heterocycles. The van der Waals surface area contributed by atoms with Crippen LogP contribution in [0.5, 0.6) is 0 Å². The maximum Gasteiger partial charge on any atom is 0.417 e. The number of nitro benzene ring substituents is 1. The van der Waals surface area contributed by atoms with Crippen LogP contribution in [0.1, 0.15) is 11.1 Å². The number of ether oxygens (including phenoxy) is 1. The molecule has 132 valence electrons. The minimum Gasteiger partial charge on any atom is -0.459 e. The first kappa shape index (κ1) is 18.2. The molecule has 0 aliphatic rings. The maximum atomic E-state index is 12.6. The standard InChI is InChI=1S/C15H11F3N2O5/c16-15(17,18)11-4-5-13(21)19(7-11)8-14(22)25-9-10-2-1-3-12(6-10)20(23)24/h1-7H,8-9H2. The van der Waals surface area contributed by atoms with Crippen LogP contribution in [-0.2, 0) is 28.9 Å². The SMILES string of the molecule is O=C(Cn1cc(C(F)(F)F)ccc1=O)OCc1cccc([N+](=O)[O-])c1. The Hall–Kier alpha value is -3.17. The Kier molecular flexibility index (Phi) is 5.20. The number of nitro groups is 1. The zero-order valence-corrected chi connectivity index (χ0v) is 12.5. The zero-order valence-electron chi connectivity index (χ0n) is 12.5. The van der Waals surface area contributed by atoms with E-state index in [0.717, 1.165) is 0 Å². The number of nitrogens with zero attached hydrogens (tertiary/aromatic N) is 2. The molecule has 0 radical (unpaired) electrons. The number of carbonyl (C=O) groups excluding carboxylic acids is 1. The highest BCUT2D eigenvalue weighted by molar-refractivity contribution is 5.69. The molecule has 0 N–H and O–H groups in total. The van der Waals surface area contributed by atoms with Gasteiger partial charge >= 0.3 is 12.1 Å². The molecule has 0 unspecified atom stereocenters. The van der Waals surface area contributed by atoms with Gasteiger partial charge in [-0.25, -0.2) is 0 Å². The molecule has 1 aromatic heterocycles. The number of hydrogen-bond donors (Lipinski definition) is 0. The summed E-state index contributed by atoms with van der Waals surface area (Å²) in [6.45, 7) is -1.02. The van der Waals surface area contributed by atoms with E-state index in [9.17, 15) is 32.9 Å². The first-order chi connectivity index (χ1) is 11.7. The fourth-order valence-corrected chi connectivity index (χ4v) is 1.93. The van der Waals surface area contributed by atoms with Crippen LogP contribution in [0.3, 0.4) is 0 Å². The van der Waals surface area contributed by atoms with Crippen LogP contribution in [-0.4, -0.2) is 15.5 Å². The third kappa shape index (κ3) is 4.90. The molecule has 0 saturated carbocycles. The van der Waals surface area contributed by atoms with Crippen molar-refractivity contribution in [2.45, 2.75) is 19.3 Å². The van der Waals surface area contributed by atoms with Crippen molar-refractivity contribution < 1.29 is 27.6 Å². The summed E-state index contributed by atoms with van der Waals surface area (Å²) in [5.74, 6) is -0.951. The molecule has 0 fully saturated rings. The summed E-state index contributed by atoms with van der Waals surface area (Å²) in [6, 6.07) is 6.66. The van der Waals surface area contributed by atoms with Gasteiger partial charge in [0.25, 0.3) is 11.2 Å². The van der Waals surface area contributed by atoms with Crippen LogP contribution in [0.25, 0.3) is 0 Å². The van der Waals surface area contributed by atoms with Crippen LogP contribution >= 0.6 is 0 Å². The van der Waals surface area contributed by atoms with Crippen molar-refractivity contribution in [2.75, 3.05) is 0 Å². The van der Waals surface area contributed by atoms with E-state index in [1.54, 1.807) is 0 Å². The predicted octanol–water partition coefficient (Wildman–Crippen LogP) is 2.52. The third-order valence-electron chi connectivity index (χ3n) is 3.13. The molecule has 1 heterocycles. The molecule has 10 heteroatoms. The minimum absolute atomic E-state index is 0.192. The van der Waals surface area contributed by atoms with Gasteiger partial charge in [0.15, 0.2) is 0 Å². The van der Waals surface area contributed by atoms with Gasteiger partial charge in [0.1, 0.15) is 13.2 Å². The number of non-ortho nitro benzene ring substituents is 1. The average Bonchev–Trinajstić information content (AvgIpc) is 2.54. The Morgan fingerprint density at radius 1 is 1.24 bits per heavy atom. The summed E-state index contributed by atoms with van der Waals surface area (Å²) >= 11 is 0. The van der Waals surface area contributed by atoms with E-state index >= 15 is 0 Å². The summed E-state index contributed by atoms with van der Waals surface area (Å²) in [5.41, 5.74) is -1.72. The van der Waals surface area contributed by atoms with E-state index in [1.807, 2.05) is 0 Å². The van der Waals surface area contributed by atoms with Gasteiger partial charge in [-0.15, -0.1) is 0 Å². The first-order valence-electron chi connectivity index (χ1n) is 6.83. The predicted molar refractivity (Wildman–Crippen MR) is 78.6 cm³/mol. The number of alkyl halides is 3. The lowest BCUT2D eigenvalue weighted by Crippen LogP contribution is -2.26. The molecular weight excluding hydrogens is 345 g/mol. The van der Waals surface area contributed by atoms with Crippen molar-refractivity contribution in [3.05, 3.63) is 74.2 Å². The molecule has 0 spiro atoms. The van der Waals surface area contributed by atoms with Gasteiger partial charge < -0.3 is 9.30 Å². The molecule has 0 bridgehead atoms. The molecule has 1 aromatic carbocycles. The van der Waals surface area contributed by atoms with Crippen LogP contribution in [0.4, 0.5) is 18.9 Å². The molecule has 25 heavy (non-hydrogen) atoms. The number of carbonyl (C=O) groups is 1. The van der Waals surface area contributed by atoms with Gasteiger partial charge in [0, 0.05) is 24.4 Å². The molecule has 0 amide bonds. The van der Waals surface area contributed by atoms with E-state index in [0.29, 0.717) is 28.5 Å². The van der Waals surface area contributed by atoms with E-state index in [1.165, 1.54) is 24.3 Å². The van der Waals surface area contributed by atoms with E-state index < -0.39 is 34.7 Å². The van der Waals surface area contributed by atoms with Crippen molar-refractivity contribution in [3.63, 3.8) is 0 Å². The highest BCUT2D eigenvalue weighted by Gasteiger charge is 2.31. The summed E-state index contributed by atoms with van der Waals surface area (Å²) < 4.78 is 43.3. The second-order valence-electron chi connectivity index (χ2n) is 4.97. The Bertz CT molecular complexity index is 861. The second-order valence-corrected chi connectivity index (χ2v) is 4.97. The van der Waals surface area contributed by atoms with Crippen molar-refractivity contribution in [2.24, 2.45) is 0 Å². The Labute approximate surface area is 138 Å². The molecule has 7 nitrogen and oxygen atoms in total. The van der Waals surface area contributed by atoms with Crippen molar-refractivity contribution in [1.82, 2.24) is 4.57 Å². The minimum atomic E-state index is -4.65. The van der Waals surface area contributed by atoms with E-state index in [4.69, 9.17) is 4.74 Å². The summed E-state index contributed by atoms with van der Waals surface area (Å²) in [4.78, 5) is 33.3. The normalized spacial score (nSPS) is 11.2. The van der Waals surface area contributed by atoms with Crippen molar-refractivity contribution in [1.29, 1.82) is 0 Å². The van der Waals surface area contributed by atoms with Gasteiger partial charge in [0.2, 0.25) is 0 Å². The topological polar surface area (TPSA) is 91.4 Å². The number of hydrogen-bond acceptors (Lipinski definition) is 5. The van der Waals surface area contributed by atoms with Crippen LogP contribution in [0.15, 0.2) is 47.4 Å². The molecular formula is C15H11F3N2O5. The number of benzene rings is 1. The van der Waals surface area contributed by atoms with Gasteiger partial charge in [-0.3, -0.25) is 19.7 Å². The Morgan fingerprint density at radius 2 is 1.96 bits per heavy atom. The lowest BCUT2D eigenvalue weighted by molar-refractivity contribution is -0.384. The van der Waals surface area contributed by atoms with Gasteiger partial charge in [-0.2, -0.15) is 13.2 Å². The monoisotopic (exact) mass is 356 g/mol. The summed E-state index contributed by atoms with van der Waals surface area (Å²) in [5, 5.41) is 10.7. The van der Waals surface area contributed by atoms with E-state index in [2.05, 4.69) is 0 Å². The number of pyridine rings is 1. The molecule has 0 atom stereocenters. The maximum absolute atomic E-state index is 12.6. The van der Waals surface area contributed by atoms with Crippen LogP contribution < -0.4 is 5.56 Å². The van der Waals surface area contributed by atoms with Gasteiger partial charge in [-0.1, -0.05) is 12.1 Å². The smallest absolute Gasteiger partial charge is 0.417 e. The fraction of sp³-hybridized carbons (Fsp3) is 0.200. The number of aromatic nitrogens is 1. The largest absolute Gasteiger partial charge is 0.459 e. The number of rotatable bonds is 5. The lowest BCUT2D eigenvalue weighted by Gasteiger charge is -2.10.